The number of aryl methyl sites for hydroxylation is 1. The molecule has 0 aliphatic carbocycles. The molecule has 2 fully saturated rings. The maximum atomic E-state index is 12.9. The van der Waals surface area contributed by atoms with Gasteiger partial charge in [-0.05, 0) is 38.6 Å². The van der Waals surface area contributed by atoms with Crippen molar-refractivity contribution < 1.29 is 9.59 Å². The van der Waals surface area contributed by atoms with E-state index in [9.17, 15) is 9.59 Å². The predicted octanol–water partition coefficient (Wildman–Crippen LogP) is 1.60. The van der Waals surface area contributed by atoms with E-state index in [0.29, 0.717) is 24.9 Å². The molecule has 0 radical (unpaired) electrons. The average molecular weight is 398 g/mol. The van der Waals surface area contributed by atoms with Gasteiger partial charge in [0.1, 0.15) is 6.04 Å². The van der Waals surface area contributed by atoms with Gasteiger partial charge in [0.25, 0.3) is 0 Å². The number of carbonyl (C=O) groups is 2. The quantitative estimate of drug-likeness (QED) is 0.837. The number of hydrogen-bond donors (Lipinski definition) is 1. The van der Waals surface area contributed by atoms with Crippen LogP contribution in [0.25, 0.3) is 0 Å². The zero-order chi connectivity index (χ0) is 18.7. The van der Waals surface area contributed by atoms with Gasteiger partial charge in [0.2, 0.25) is 11.8 Å². The Morgan fingerprint density at radius 2 is 1.89 bits per heavy atom. The summed E-state index contributed by atoms with van der Waals surface area (Å²) in [4.78, 5) is 29.6. The third-order valence-electron chi connectivity index (χ3n) is 5.72. The Bertz CT molecular complexity index is 642. The molecule has 2 amide bonds. The molecule has 2 atom stereocenters. The van der Waals surface area contributed by atoms with Crippen LogP contribution in [-0.2, 0) is 16.6 Å². The summed E-state index contributed by atoms with van der Waals surface area (Å²) in [7, 11) is 3.64. The van der Waals surface area contributed by atoms with E-state index in [1.807, 2.05) is 23.0 Å². The highest BCUT2D eigenvalue weighted by Gasteiger charge is 2.34. The van der Waals surface area contributed by atoms with Crippen LogP contribution < -0.4 is 5.32 Å². The van der Waals surface area contributed by atoms with Crippen molar-refractivity contribution in [2.24, 2.45) is 18.9 Å². The fourth-order valence-corrected chi connectivity index (χ4v) is 4.20. The van der Waals surface area contributed by atoms with Crippen LogP contribution >= 0.6 is 12.4 Å². The van der Waals surface area contributed by atoms with Gasteiger partial charge in [0.15, 0.2) is 0 Å². The first-order valence-electron chi connectivity index (χ1n) is 9.73. The van der Waals surface area contributed by atoms with Gasteiger partial charge in [0, 0.05) is 50.9 Å². The van der Waals surface area contributed by atoms with E-state index >= 15 is 0 Å². The average Bonchev–Trinajstić information content (AvgIpc) is 3.08. The lowest BCUT2D eigenvalue weighted by Crippen LogP contribution is -2.48. The number of hydrogen-bond acceptors (Lipinski definition) is 4. The van der Waals surface area contributed by atoms with Gasteiger partial charge in [-0.2, -0.15) is 5.10 Å². The van der Waals surface area contributed by atoms with Crippen LogP contribution in [0.3, 0.4) is 0 Å². The Morgan fingerprint density at radius 1 is 1.19 bits per heavy atom. The SMILES string of the molecule is CNC(C(=O)N1CCC(C(=O)N2CCCC(C)C2)CC1)c1cnn(C)c1.Cl. The smallest absolute Gasteiger partial charge is 0.244 e. The first-order valence-corrected chi connectivity index (χ1v) is 9.73. The number of piperidine rings is 2. The summed E-state index contributed by atoms with van der Waals surface area (Å²) in [5.74, 6) is 1.03. The second kappa shape index (κ2) is 9.55. The summed E-state index contributed by atoms with van der Waals surface area (Å²) in [6, 6.07) is -0.376. The van der Waals surface area contributed by atoms with Crippen molar-refractivity contribution in [1.29, 1.82) is 0 Å². The van der Waals surface area contributed by atoms with E-state index in [1.54, 1.807) is 17.9 Å². The molecule has 7 nitrogen and oxygen atoms in total. The number of halogens is 1. The minimum Gasteiger partial charge on any atom is -0.342 e. The second-order valence-electron chi connectivity index (χ2n) is 7.80. The normalized spacial score (nSPS) is 22.3. The van der Waals surface area contributed by atoms with Crippen LogP contribution in [-0.4, -0.2) is 64.6 Å². The highest BCUT2D eigenvalue weighted by Crippen LogP contribution is 2.25. The summed E-state index contributed by atoms with van der Waals surface area (Å²) >= 11 is 0. The third-order valence-corrected chi connectivity index (χ3v) is 5.72. The van der Waals surface area contributed by atoms with Crippen LogP contribution in [0.4, 0.5) is 0 Å². The third kappa shape index (κ3) is 5.02. The van der Waals surface area contributed by atoms with Gasteiger partial charge in [-0.15, -0.1) is 12.4 Å². The number of likely N-dealkylation sites (tertiary alicyclic amines) is 2. The Morgan fingerprint density at radius 3 is 2.44 bits per heavy atom. The molecular weight excluding hydrogens is 366 g/mol. The Kier molecular flexibility index (Phi) is 7.68. The highest BCUT2D eigenvalue weighted by atomic mass is 35.5. The van der Waals surface area contributed by atoms with Crippen molar-refractivity contribution in [1.82, 2.24) is 24.9 Å². The lowest BCUT2D eigenvalue weighted by Gasteiger charge is -2.37. The molecule has 0 aromatic carbocycles. The van der Waals surface area contributed by atoms with E-state index in [0.717, 1.165) is 37.9 Å². The summed E-state index contributed by atoms with van der Waals surface area (Å²) in [6.45, 7) is 5.30. The molecule has 3 heterocycles. The van der Waals surface area contributed by atoms with Crippen LogP contribution in [0, 0.1) is 11.8 Å². The van der Waals surface area contributed by atoms with E-state index in [2.05, 4.69) is 17.3 Å². The van der Waals surface area contributed by atoms with Crippen molar-refractivity contribution in [2.45, 2.75) is 38.6 Å². The Hall–Kier alpha value is -1.60. The molecular formula is C19H32ClN5O2. The molecule has 2 aliphatic rings. The van der Waals surface area contributed by atoms with Gasteiger partial charge < -0.3 is 15.1 Å². The summed E-state index contributed by atoms with van der Waals surface area (Å²) in [6.07, 6.45) is 7.45. The molecule has 2 unspecified atom stereocenters. The maximum Gasteiger partial charge on any atom is 0.244 e. The molecule has 27 heavy (non-hydrogen) atoms. The molecule has 3 rings (SSSR count). The van der Waals surface area contributed by atoms with Crippen LogP contribution in [0.5, 0.6) is 0 Å². The number of aromatic nitrogens is 2. The van der Waals surface area contributed by atoms with Crippen molar-refractivity contribution in [3.63, 3.8) is 0 Å². The van der Waals surface area contributed by atoms with Gasteiger partial charge in [-0.1, -0.05) is 6.92 Å². The molecule has 0 saturated carbocycles. The van der Waals surface area contributed by atoms with E-state index < -0.39 is 0 Å². The number of likely N-dealkylation sites (N-methyl/N-ethyl adjacent to an activating group) is 1. The topological polar surface area (TPSA) is 70.5 Å². The second-order valence-corrected chi connectivity index (χ2v) is 7.80. The molecule has 2 saturated heterocycles. The summed E-state index contributed by atoms with van der Waals surface area (Å²) in [5.41, 5.74) is 0.875. The first kappa shape index (κ1) is 21.7. The minimum absolute atomic E-state index is 0. The van der Waals surface area contributed by atoms with Crippen LogP contribution in [0.1, 0.15) is 44.2 Å². The Labute approximate surface area is 167 Å². The minimum atomic E-state index is -0.376. The first-order chi connectivity index (χ1) is 12.5. The molecule has 2 aliphatic heterocycles. The standard InChI is InChI=1S/C19H31N5O2.ClH/c1-14-5-4-8-24(12-14)18(25)15-6-9-23(10-7-15)19(26)17(20-2)16-11-21-22(3)13-16;/h11,13-15,17,20H,4-10,12H2,1-3H3;1H. The van der Waals surface area contributed by atoms with Crippen LogP contribution in [0.2, 0.25) is 0 Å². The summed E-state index contributed by atoms with van der Waals surface area (Å²) < 4.78 is 1.71. The van der Waals surface area contributed by atoms with Gasteiger partial charge in [-0.3, -0.25) is 14.3 Å². The van der Waals surface area contributed by atoms with E-state index in [-0.39, 0.29) is 30.3 Å². The largest absolute Gasteiger partial charge is 0.342 e. The van der Waals surface area contributed by atoms with E-state index in [4.69, 9.17) is 0 Å². The highest BCUT2D eigenvalue weighted by molar-refractivity contribution is 5.85. The molecule has 1 aromatic rings. The lowest BCUT2D eigenvalue weighted by atomic mass is 9.92. The lowest BCUT2D eigenvalue weighted by molar-refractivity contribution is -0.142. The van der Waals surface area contributed by atoms with Gasteiger partial charge >= 0.3 is 0 Å². The molecule has 0 bridgehead atoms. The van der Waals surface area contributed by atoms with Crippen molar-refractivity contribution >= 4 is 24.2 Å². The van der Waals surface area contributed by atoms with Crippen molar-refractivity contribution in [3.05, 3.63) is 18.0 Å². The molecule has 0 spiro atoms. The van der Waals surface area contributed by atoms with Gasteiger partial charge in [-0.25, -0.2) is 0 Å². The maximum absolute atomic E-state index is 12.9. The monoisotopic (exact) mass is 397 g/mol. The fraction of sp³-hybridized carbons (Fsp3) is 0.737. The molecule has 8 heteroatoms. The summed E-state index contributed by atoms with van der Waals surface area (Å²) in [5, 5.41) is 7.26. The molecule has 1 aromatic heterocycles. The Balaban J connectivity index is 0.00000261. The number of amides is 2. The number of nitrogens with one attached hydrogen (secondary N) is 1. The van der Waals surface area contributed by atoms with Crippen molar-refractivity contribution in [3.8, 4) is 0 Å². The number of carbonyl (C=O) groups excluding carboxylic acids is 2. The van der Waals surface area contributed by atoms with Crippen molar-refractivity contribution in [2.75, 3.05) is 33.2 Å². The molecule has 152 valence electrons. The zero-order valence-electron chi connectivity index (χ0n) is 16.6. The zero-order valence-corrected chi connectivity index (χ0v) is 17.4. The van der Waals surface area contributed by atoms with E-state index in [1.165, 1.54) is 6.42 Å². The number of rotatable bonds is 4. The fourth-order valence-electron chi connectivity index (χ4n) is 4.20. The van der Waals surface area contributed by atoms with Gasteiger partial charge in [0.05, 0.1) is 6.20 Å². The molecule has 1 N–H and O–H groups in total. The predicted molar refractivity (Wildman–Crippen MR) is 107 cm³/mol. The van der Waals surface area contributed by atoms with Crippen LogP contribution in [0.15, 0.2) is 12.4 Å². The number of nitrogens with zero attached hydrogens (tertiary/aromatic N) is 4.